The van der Waals surface area contributed by atoms with Crippen molar-refractivity contribution in [1.82, 2.24) is 9.71 Å². The van der Waals surface area contributed by atoms with Gasteiger partial charge in [0.25, 0.3) is 0 Å². The zero-order valence-electron chi connectivity index (χ0n) is 12.4. The van der Waals surface area contributed by atoms with Crippen molar-refractivity contribution in [3.63, 3.8) is 0 Å². The molecule has 1 aliphatic heterocycles. The van der Waals surface area contributed by atoms with Gasteiger partial charge < -0.3 is 4.98 Å². The zero-order chi connectivity index (χ0) is 16.2. The standard InChI is InChI=1S/C17H15FN2O2S/c1-2-15-13-7-10(3-6-17(13)23(21,22)20-15)14-9-19-16-8-11(18)4-5-12(14)16/h3-9,15,19-20H,2H2,1H3. The molecule has 0 saturated heterocycles. The maximum Gasteiger partial charge on any atom is 0.241 e. The molecule has 1 atom stereocenters. The van der Waals surface area contributed by atoms with E-state index in [1.54, 1.807) is 18.2 Å². The number of rotatable bonds is 2. The Labute approximate surface area is 133 Å². The van der Waals surface area contributed by atoms with Crippen LogP contribution in [0.25, 0.3) is 22.0 Å². The fourth-order valence-electron chi connectivity index (χ4n) is 3.19. The lowest BCUT2D eigenvalue weighted by Crippen LogP contribution is -2.18. The molecule has 0 amide bonds. The molecule has 0 aliphatic carbocycles. The Balaban J connectivity index is 1.91. The number of aromatic amines is 1. The molecule has 23 heavy (non-hydrogen) atoms. The average molecular weight is 330 g/mol. The van der Waals surface area contributed by atoms with E-state index in [4.69, 9.17) is 0 Å². The molecule has 6 heteroatoms. The molecule has 118 valence electrons. The van der Waals surface area contributed by atoms with Crippen molar-refractivity contribution >= 4 is 20.9 Å². The number of sulfonamides is 1. The molecule has 1 aliphatic rings. The van der Waals surface area contributed by atoms with Gasteiger partial charge in [-0.15, -0.1) is 0 Å². The Morgan fingerprint density at radius 1 is 1.17 bits per heavy atom. The van der Waals surface area contributed by atoms with Crippen LogP contribution in [0, 0.1) is 5.82 Å². The topological polar surface area (TPSA) is 62.0 Å². The molecule has 1 aromatic heterocycles. The third-order valence-corrected chi connectivity index (χ3v) is 5.88. The summed E-state index contributed by atoms with van der Waals surface area (Å²) in [4.78, 5) is 3.41. The predicted molar refractivity (Wildman–Crippen MR) is 87.0 cm³/mol. The summed E-state index contributed by atoms with van der Waals surface area (Å²) in [6.07, 6.45) is 2.51. The first-order valence-corrected chi connectivity index (χ1v) is 8.91. The minimum atomic E-state index is -3.41. The highest BCUT2D eigenvalue weighted by molar-refractivity contribution is 7.89. The number of nitrogens with one attached hydrogen (secondary N) is 2. The van der Waals surface area contributed by atoms with Crippen LogP contribution in [0.5, 0.6) is 0 Å². The second-order valence-corrected chi connectivity index (χ2v) is 7.41. The lowest BCUT2D eigenvalue weighted by atomic mass is 9.98. The van der Waals surface area contributed by atoms with Gasteiger partial charge in [0.15, 0.2) is 0 Å². The first-order chi connectivity index (χ1) is 11.0. The summed E-state index contributed by atoms with van der Waals surface area (Å²) >= 11 is 0. The molecule has 0 saturated carbocycles. The SMILES string of the molecule is CCC1NS(=O)(=O)c2ccc(-c3c[nH]c4cc(F)ccc34)cc21. The summed E-state index contributed by atoms with van der Waals surface area (Å²) in [6.45, 7) is 1.95. The van der Waals surface area contributed by atoms with Crippen LogP contribution in [0.15, 0.2) is 47.5 Å². The van der Waals surface area contributed by atoms with Crippen LogP contribution in [0.2, 0.25) is 0 Å². The molecule has 3 aromatic rings. The highest BCUT2D eigenvalue weighted by Crippen LogP contribution is 2.37. The van der Waals surface area contributed by atoms with E-state index in [-0.39, 0.29) is 11.9 Å². The second-order valence-electron chi connectivity index (χ2n) is 5.73. The van der Waals surface area contributed by atoms with E-state index in [0.29, 0.717) is 11.3 Å². The Morgan fingerprint density at radius 3 is 2.78 bits per heavy atom. The van der Waals surface area contributed by atoms with Crippen LogP contribution < -0.4 is 4.72 Å². The number of aromatic nitrogens is 1. The Bertz CT molecular complexity index is 1020. The number of hydrogen-bond acceptors (Lipinski definition) is 2. The van der Waals surface area contributed by atoms with E-state index in [2.05, 4.69) is 9.71 Å². The number of halogens is 1. The fourth-order valence-corrected chi connectivity index (χ4v) is 4.74. The molecular formula is C17H15FN2O2S. The second kappa shape index (κ2) is 4.91. The summed E-state index contributed by atoms with van der Waals surface area (Å²) in [5.74, 6) is -0.291. The molecule has 1 unspecified atom stereocenters. The van der Waals surface area contributed by atoms with Crippen molar-refractivity contribution in [2.75, 3.05) is 0 Å². The van der Waals surface area contributed by atoms with Crippen molar-refractivity contribution in [3.8, 4) is 11.1 Å². The monoisotopic (exact) mass is 330 g/mol. The molecule has 0 bridgehead atoms. The smallest absolute Gasteiger partial charge is 0.241 e. The summed E-state index contributed by atoms with van der Waals surface area (Å²) in [6, 6.07) is 9.76. The van der Waals surface area contributed by atoms with Crippen molar-refractivity contribution in [2.45, 2.75) is 24.3 Å². The first-order valence-electron chi connectivity index (χ1n) is 7.43. The van der Waals surface area contributed by atoms with Crippen molar-refractivity contribution in [3.05, 3.63) is 54.0 Å². The highest BCUT2D eigenvalue weighted by Gasteiger charge is 2.33. The van der Waals surface area contributed by atoms with Crippen molar-refractivity contribution in [1.29, 1.82) is 0 Å². The van der Waals surface area contributed by atoms with Gasteiger partial charge in [-0.1, -0.05) is 13.0 Å². The normalized spacial score (nSPS) is 19.1. The molecule has 2 N–H and O–H groups in total. The van der Waals surface area contributed by atoms with E-state index in [9.17, 15) is 12.8 Å². The summed E-state index contributed by atoms with van der Waals surface area (Å²) in [5, 5.41) is 0.910. The minimum Gasteiger partial charge on any atom is -0.360 e. The van der Waals surface area contributed by atoms with Crippen LogP contribution in [0.4, 0.5) is 4.39 Å². The van der Waals surface area contributed by atoms with Gasteiger partial charge in [0.2, 0.25) is 10.0 Å². The van der Waals surface area contributed by atoms with Crippen LogP contribution in [0.3, 0.4) is 0 Å². The number of H-pyrrole nitrogens is 1. The number of benzene rings is 2. The number of hydrogen-bond donors (Lipinski definition) is 2. The molecule has 4 nitrogen and oxygen atoms in total. The lowest BCUT2D eigenvalue weighted by Gasteiger charge is -2.08. The Hall–Kier alpha value is -2.18. The summed E-state index contributed by atoms with van der Waals surface area (Å²) in [5.41, 5.74) is 3.36. The van der Waals surface area contributed by atoms with E-state index < -0.39 is 10.0 Å². The molecule has 0 radical (unpaired) electrons. The quantitative estimate of drug-likeness (QED) is 0.752. The van der Waals surface area contributed by atoms with Crippen LogP contribution >= 0.6 is 0 Å². The molecular weight excluding hydrogens is 315 g/mol. The maximum absolute atomic E-state index is 13.3. The summed E-state index contributed by atoms with van der Waals surface area (Å²) < 4.78 is 40.2. The van der Waals surface area contributed by atoms with Gasteiger partial charge in [-0.2, -0.15) is 0 Å². The molecule has 0 fully saturated rings. The van der Waals surface area contributed by atoms with E-state index in [0.717, 1.165) is 27.6 Å². The zero-order valence-corrected chi connectivity index (χ0v) is 13.2. The Morgan fingerprint density at radius 2 is 2.00 bits per heavy atom. The van der Waals surface area contributed by atoms with E-state index >= 15 is 0 Å². The van der Waals surface area contributed by atoms with Gasteiger partial charge in [-0.3, -0.25) is 0 Å². The van der Waals surface area contributed by atoms with Gasteiger partial charge in [0, 0.05) is 28.7 Å². The highest BCUT2D eigenvalue weighted by atomic mass is 32.2. The third kappa shape index (κ3) is 2.17. The third-order valence-electron chi connectivity index (χ3n) is 4.34. The van der Waals surface area contributed by atoms with E-state index in [1.165, 1.54) is 12.1 Å². The van der Waals surface area contributed by atoms with Crippen molar-refractivity contribution < 1.29 is 12.8 Å². The van der Waals surface area contributed by atoms with Crippen LogP contribution in [-0.4, -0.2) is 13.4 Å². The fraction of sp³-hybridized carbons (Fsp3) is 0.176. The van der Waals surface area contributed by atoms with Gasteiger partial charge in [-0.25, -0.2) is 17.5 Å². The van der Waals surface area contributed by atoms with Crippen molar-refractivity contribution in [2.24, 2.45) is 0 Å². The van der Waals surface area contributed by atoms with Gasteiger partial charge >= 0.3 is 0 Å². The maximum atomic E-state index is 13.3. The van der Waals surface area contributed by atoms with Crippen LogP contribution in [-0.2, 0) is 10.0 Å². The van der Waals surface area contributed by atoms with Gasteiger partial charge in [0.1, 0.15) is 5.82 Å². The molecule has 4 rings (SSSR count). The molecule has 0 spiro atoms. The largest absolute Gasteiger partial charge is 0.360 e. The lowest BCUT2D eigenvalue weighted by molar-refractivity contribution is 0.571. The Kier molecular flexibility index (Phi) is 3.08. The molecule has 2 aromatic carbocycles. The van der Waals surface area contributed by atoms with Crippen LogP contribution in [0.1, 0.15) is 24.9 Å². The predicted octanol–water partition coefficient (Wildman–Crippen LogP) is 3.72. The van der Waals surface area contributed by atoms with Gasteiger partial charge in [0.05, 0.1) is 4.90 Å². The number of fused-ring (bicyclic) bond motifs is 2. The van der Waals surface area contributed by atoms with Gasteiger partial charge in [-0.05, 0) is 47.9 Å². The first kappa shape index (κ1) is 14.4. The average Bonchev–Trinajstić information content (AvgIpc) is 3.05. The summed E-state index contributed by atoms with van der Waals surface area (Å²) in [7, 11) is -3.41. The molecule has 2 heterocycles. The minimum absolute atomic E-state index is 0.197. The van der Waals surface area contributed by atoms with E-state index in [1.807, 2.05) is 19.2 Å².